The van der Waals surface area contributed by atoms with Gasteiger partial charge in [0.25, 0.3) is 5.91 Å². The van der Waals surface area contributed by atoms with Gasteiger partial charge in [-0.25, -0.2) is 0 Å². The lowest BCUT2D eigenvalue weighted by atomic mass is 9.82. The van der Waals surface area contributed by atoms with Gasteiger partial charge in [-0.1, -0.05) is 24.3 Å². The maximum Gasteiger partial charge on any atom is 0.255 e. The first-order chi connectivity index (χ1) is 14.4. The second-order valence-electron chi connectivity index (χ2n) is 7.55. The van der Waals surface area contributed by atoms with Crippen molar-refractivity contribution in [2.24, 2.45) is 0 Å². The Bertz CT molecular complexity index is 1270. The van der Waals surface area contributed by atoms with Gasteiger partial charge in [-0.05, 0) is 19.9 Å². The number of furan rings is 1. The minimum atomic E-state index is -0.597. The summed E-state index contributed by atoms with van der Waals surface area (Å²) in [5.41, 5.74) is -0.526. The van der Waals surface area contributed by atoms with E-state index < -0.39 is 29.0 Å². The Morgan fingerprint density at radius 3 is 2.33 bits per heavy atom. The molecule has 8 nitrogen and oxygen atoms in total. The molecule has 30 heavy (non-hydrogen) atoms. The summed E-state index contributed by atoms with van der Waals surface area (Å²) in [6, 6.07) is 6.12. The highest BCUT2D eigenvalue weighted by Crippen LogP contribution is 2.47. The molecule has 0 spiro atoms. The number of fused-ring (bicyclic) bond motifs is 3. The van der Waals surface area contributed by atoms with E-state index in [1.807, 2.05) is 0 Å². The largest absolute Gasteiger partial charge is 0.506 e. The van der Waals surface area contributed by atoms with Gasteiger partial charge in [0.05, 0.1) is 22.1 Å². The smallest absolute Gasteiger partial charge is 0.255 e. The van der Waals surface area contributed by atoms with Gasteiger partial charge in [0.15, 0.2) is 22.9 Å². The fourth-order valence-electron chi connectivity index (χ4n) is 4.31. The van der Waals surface area contributed by atoms with Crippen molar-refractivity contribution in [2.75, 3.05) is 13.1 Å². The van der Waals surface area contributed by atoms with Crippen LogP contribution in [0.2, 0.25) is 0 Å². The van der Waals surface area contributed by atoms with Crippen molar-refractivity contribution in [2.45, 2.75) is 19.4 Å². The zero-order valence-electron chi connectivity index (χ0n) is 16.0. The zero-order valence-corrected chi connectivity index (χ0v) is 16.0. The number of hydrogen-bond donors (Lipinski definition) is 4. The van der Waals surface area contributed by atoms with Crippen molar-refractivity contribution in [1.82, 2.24) is 10.6 Å². The molecule has 1 amide bonds. The van der Waals surface area contributed by atoms with E-state index in [2.05, 4.69) is 10.6 Å². The minimum absolute atomic E-state index is 0.0339. The van der Waals surface area contributed by atoms with Crippen molar-refractivity contribution in [1.29, 1.82) is 0 Å². The normalized spacial score (nSPS) is 17.8. The molecule has 0 saturated carbocycles. The van der Waals surface area contributed by atoms with E-state index in [1.165, 1.54) is 19.1 Å². The molecule has 2 aromatic carbocycles. The number of aryl methyl sites for hydroxylation is 1. The summed E-state index contributed by atoms with van der Waals surface area (Å²) in [7, 11) is 0. The van der Waals surface area contributed by atoms with Crippen molar-refractivity contribution >= 4 is 28.4 Å². The average molecular weight is 406 g/mol. The van der Waals surface area contributed by atoms with E-state index in [-0.39, 0.29) is 50.6 Å². The van der Waals surface area contributed by atoms with Crippen LogP contribution in [0.15, 0.2) is 28.7 Å². The number of phenols is 2. The van der Waals surface area contributed by atoms with E-state index in [4.69, 9.17) is 4.42 Å². The first-order valence-electron chi connectivity index (χ1n) is 9.61. The number of amides is 1. The van der Waals surface area contributed by atoms with Crippen LogP contribution in [0.5, 0.6) is 11.5 Å². The Kier molecular flexibility index (Phi) is 3.94. The number of hydrogen-bond acceptors (Lipinski definition) is 7. The molecule has 152 valence electrons. The Morgan fingerprint density at radius 2 is 1.73 bits per heavy atom. The monoisotopic (exact) mass is 406 g/mol. The fraction of sp³-hybridized carbons (Fsp3) is 0.227. The number of phenolic OH excluding ortho intramolecular Hbond substituents is 2. The molecule has 4 N–H and O–H groups in total. The van der Waals surface area contributed by atoms with Crippen molar-refractivity contribution in [3.8, 4) is 11.5 Å². The standard InChI is InChI=1S/C22H18N2O6/c1-9-13(22(29)24-10-6-7-23-8-10)16-19(27)14-15(20(28)21(16)30-9)18(26)12-5-3-2-4-11(12)17(14)25/h2-5,10,23,27-28H,6-8H2,1H3,(H,24,29)/t10-/m0/s1. The summed E-state index contributed by atoms with van der Waals surface area (Å²) in [6.45, 7) is 2.93. The molecule has 3 aromatic rings. The van der Waals surface area contributed by atoms with Crippen LogP contribution in [0.1, 0.15) is 54.4 Å². The fourth-order valence-corrected chi connectivity index (χ4v) is 4.31. The Labute approximate surface area is 170 Å². The maximum absolute atomic E-state index is 13.1. The molecule has 0 radical (unpaired) electrons. The van der Waals surface area contributed by atoms with Crippen LogP contribution >= 0.6 is 0 Å². The molecular weight excluding hydrogens is 388 g/mol. The Hall–Kier alpha value is -3.65. The summed E-state index contributed by atoms with van der Waals surface area (Å²) >= 11 is 0. The molecule has 8 heteroatoms. The van der Waals surface area contributed by atoms with Gasteiger partial charge in [0, 0.05) is 23.7 Å². The third-order valence-corrected chi connectivity index (χ3v) is 5.75. The Balaban J connectivity index is 1.75. The second-order valence-corrected chi connectivity index (χ2v) is 7.55. The van der Waals surface area contributed by atoms with Crippen LogP contribution in [-0.2, 0) is 0 Å². The third-order valence-electron chi connectivity index (χ3n) is 5.75. The average Bonchev–Trinajstić information content (AvgIpc) is 3.36. The van der Waals surface area contributed by atoms with Gasteiger partial charge < -0.3 is 25.3 Å². The molecule has 5 rings (SSSR count). The summed E-state index contributed by atoms with van der Waals surface area (Å²) in [4.78, 5) is 39.0. The van der Waals surface area contributed by atoms with Gasteiger partial charge in [-0.15, -0.1) is 0 Å². The van der Waals surface area contributed by atoms with Crippen LogP contribution in [0.4, 0.5) is 0 Å². The summed E-state index contributed by atoms with van der Waals surface area (Å²) in [5.74, 6) is -2.61. The van der Waals surface area contributed by atoms with E-state index in [0.717, 1.165) is 13.0 Å². The van der Waals surface area contributed by atoms with Crippen LogP contribution in [-0.4, -0.2) is 46.8 Å². The van der Waals surface area contributed by atoms with Gasteiger partial charge in [0.1, 0.15) is 11.5 Å². The van der Waals surface area contributed by atoms with Crippen molar-refractivity contribution in [3.05, 3.63) is 57.8 Å². The first-order valence-corrected chi connectivity index (χ1v) is 9.61. The first kappa shape index (κ1) is 18.4. The number of aromatic hydroxyl groups is 2. The number of benzene rings is 2. The lowest BCUT2D eigenvalue weighted by Crippen LogP contribution is -2.36. The van der Waals surface area contributed by atoms with Gasteiger partial charge in [-0.3, -0.25) is 14.4 Å². The number of nitrogens with one attached hydrogen (secondary N) is 2. The summed E-state index contributed by atoms with van der Waals surface area (Å²) in [6.07, 6.45) is 0.761. The number of ketones is 2. The van der Waals surface area contributed by atoms with Crippen molar-refractivity contribution in [3.63, 3.8) is 0 Å². The predicted molar refractivity (Wildman–Crippen MR) is 106 cm³/mol. The number of carbonyl (C=O) groups is 3. The predicted octanol–water partition coefficient (Wildman–Crippen LogP) is 2.02. The molecular formula is C22H18N2O6. The maximum atomic E-state index is 13.1. The molecule has 2 aliphatic rings. The van der Waals surface area contributed by atoms with E-state index in [1.54, 1.807) is 12.1 Å². The van der Waals surface area contributed by atoms with Gasteiger partial charge in [0.2, 0.25) is 0 Å². The molecule has 0 unspecified atom stereocenters. The van der Waals surface area contributed by atoms with Crippen LogP contribution in [0.25, 0.3) is 11.0 Å². The Morgan fingerprint density at radius 1 is 1.10 bits per heavy atom. The van der Waals surface area contributed by atoms with E-state index >= 15 is 0 Å². The molecule has 1 aromatic heterocycles. The second kappa shape index (κ2) is 6.43. The molecule has 1 saturated heterocycles. The topological polar surface area (TPSA) is 129 Å². The number of rotatable bonds is 2. The molecule has 1 fully saturated rings. The molecule has 2 heterocycles. The highest BCUT2D eigenvalue weighted by Gasteiger charge is 2.39. The molecule has 1 aliphatic heterocycles. The third kappa shape index (κ3) is 2.40. The highest BCUT2D eigenvalue weighted by molar-refractivity contribution is 6.33. The van der Waals surface area contributed by atoms with Crippen LogP contribution in [0.3, 0.4) is 0 Å². The van der Waals surface area contributed by atoms with E-state index in [9.17, 15) is 24.6 Å². The number of carbonyl (C=O) groups excluding carboxylic acids is 3. The van der Waals surface area contributed by atoms with Crippen LogP contribution in [0, 0.1) is 6.92 Å². The van der Waals surface area contributed by atoms with Crippen LogP contribution < -0.4 is 10.6 Å². The molecule has 0 bridgehead atoms. The van der Waals surface area contributed by atoms with E-state index in [0.29, 0.717) is 6.54 Å². The van der Waals surface area contributed by atoms with Crippen molar-refractivity contribution < 1.29 is 29.0 Å². The summed E-state index contributed by atoms with van der Waals surface area (Å²) < 4.78 is 5.58. The SMILES string of the molecule is Cc1oc2c(O)c3c(c(O)c2c1C(=O)N[C@H]1CCNC1)C(=O)c1ccccc1C3=O. The lowest BCUT2D eigenvalue weighted by molar-refractivity contribution is 0.0938. The minimum Gasteiger partial charge on any atom is -0.506 e. The zero-order chi connectivity index (χ0) is 21.2. The summed E-state index contributed by atoms with van der Waals surface area (Å²) in [5, 5.41) is 27.8. The quantitative estimate of drug-likeness (QED) is 0.375. The molecule has 1 aliphatic carbocycles. The van der Waals surface area contributed by atoms with Gasteiger partial charge >= 0.3 is 0 Å². The highest BCUT2D eigenvalue weighted by atomic mass is 16.4. The lowest BCUT2D eigenvalue weighted by Gasteiger charge is -2.20. The van der Waals surface area contributed by atoms with Gasteiger partial charge in [-0.2, -0.15) is 0 Å². The molecule has 1 atom stereocenters.